The molecule has 0 bridgehead atoms. The van der Waals surface area contributed by atoms with Crippen molar-refractivity contribution in [2.24, 2.45) is 0 Å². The molecule has 0 fully saturated rings. The molecule has 3 nitrogen and oxygen atoms in total. The minimum Gasteiger partial charge on any atom is -0.497 e. The van der Waals surface area contributed by atoms with Crippen molar-refractivity contribution >= 4 is 0 Å². The van der Waals surface area contributed by atoms with Gasteiger partial charge in [-0.1, -0.05) is 24.3 Å². The van der Waals surface area contributed by atoms with Crippen molar-refractivity contribution in [3.05, 3.63) is 59.7 Å². The molecule has 2 rings (SSSR count). The van der Waals surface area contributed by atoms with Crippen LogP contribution in [0.4, 0.5) is 0 Å². The molecule has 1 atom stereocenters. The van der Waals surface area contributed by atoms with E-state index in [0.29, 0.717) is 0 Å². The van der Waals surface area contributed by atoms with Crippen molar-refractivity contribution in [2.45, 2.75) is 19.5 Å². The van der Waals surface area contributed by atoms with Crippen LogP contribution in [0, 0.1) is 0 Å². The second kappa shape index (κ2) is 6.96. The van der Waals surface area contributed by atoms with Crippen LogP contribution in [-0.4, -0.2) is 14.2 Å². The van der Waals surface area contributed by atoms with Gasteiger partial charge in [0.1, 0.15) is 11.5 Å². The van der Waals surface area contributed by atoms with Gasteiger partial charge >= 0.3 is 0 Å². The molecule has 0 heterocycles. The minimum atomic E-state index is 0.284. The Bertz CT molecular complexity index is 537. The molecule has 0 aromatic heterocycles. The first-order valence-electron chi connectivity index (χ1n) is 6.73. The van der Waals surface area contributed by atoms with Crippen LogP contribution < -0.4 is 14.8 Å². The van der Waals surface area contributed by atoms with E-state index < -0.39 is 0 Å². The fourth-order valence-corrected chi connectivity index (χ4v) is 2.06. The zero-order valence-corrected chi connectivity index (χ0v) is 12.2. The van der Waals surface area contributed by atoms with E-state index in [9.17, 15) is 0 Å². The molecule has 0 radical (unpaired) electrons. The lowest BCUT2D eigenvalue weighted by Crippen LogP contribution is -2.18. The van der Waals surface area contributed by atoms with Crippen LogP contribution in [0.1, 0.15) is 24.1 Å². The molecule has 0 aliphatic heterocycles. The Morgan fingerprint density at radius 2 is 1.65 bits per heavy atom. The standard InChI is InChI=1S/C17H21NO2/c1-13(15-7-9-16(19-2)10-8-15)18-12-14-5-4-6-17(11-14)20-3/h4-11,13,18H,12H2,1-3H3. The lowest BCUT2D eigenvalue weighted by molar-refractivity contribution is 0.413. The monoisotopic (exact) mass is 271 g/mol. The van der Waals surface area contributed by atoms with Gasteiger partial charge in [0.2, 0.25) is 0 Å². The molecule has 2 aromatic rings. The fraction of sp³-hybridized carbons (Fsp3) is 0.294. The van der Waals surface area contributed by atoms with Crippen LogP contribution in [-0.2, 0) is 6.54 Å². The molecule has 3 heteroatoms. The summed E-state index contributed by atoms with van der Waals surface area (Å²) in [6, 6.07) is 16.5. The van der Waals surface area contributed by atoms with Gasteiger partial charge in [-0.2, -0.15) is 0 Å². The predicted octanol–water partition coefficient (Wildman–Crippen LogP) is 3.55. The average molecular weight is 271 g/mol. The van der Waals surface area contributed by atoms with Crippen molar-refractivity contribution in [1.82, 2.24) is 5.32 Å². The number of methoxy groups -OCH3 is 2. The summed E-state index contributed by atoms with van der Waals surface area (Å²) in [5.74, 6) is 1.77. The summed E-state index contributed by atoms with van der Waals surface area (Å²) in [4.78, 5) is 0. The highest BCUT2D eigenvalue weighted by atomic mass is 16.5. The molecule has 106 valence electrons. The second-order valence-electron chi connectivity index (χ2n) is 4.73. The third-order valence-corrected chi connectivity index (χ3v) is 3.36. The van der Waals surface area contributed by atoms with E-state index >= 15 is 0 Å². The Morgan fingerprint density at radius 3 is 2.30 bits per heavy atom. The van der Waals surface area contributed by atoms with Crippen LogP contribution in [0.25, 0.3) is 0 Å². The van der Waals surface area contributed by atoms with Gasteiger partial charge in [-0.3, -0.25) is 0 Å². The van der Waals surface area contributed by atoms with E-state index in [-0.39, 0.29) is 6.04 Å². The average Bonchev–Trinajstić information content (AvgIpc) is 2.53. The summed E-state index contributed by atoms with van der Waals surface area (Å²) in [7, 11) is 3.37. The van der Waals surface area contributed by atoms with Gasteiger partial charge in [0.05, 0.1) is 14.2 Å². The molecule has 20 heavy (non-hydrogen) atoms. The van der Waals surface area contributed by atoms with Crippen LogP contribution in [0.3, 0.4) is 0 Å². The van der Waals surface area contributed by atoms with Crippen LogP contribution in [0.5, 0.6) is 11.5 Å². The molecule has 0 spiro atoms. The zero-order chi connectivity index (χ0) is 14.4. The van der Waals surface area contributed by atoms with E-state index in [1.54, 1.807) is 14.2 Å². The van der Waals surface area contributed by atoms with Crippen LogP contribution >= 0.6 is 0 Å². The molecule has 0 amide bonds. The topological polar surface area (TPSA) is 30.5 Å². The SMILES string of the molecule is COc1ccc(C(C)NCc2cccc(OC)c2)cc1. The van der Waals surface area contributed by atoms with E-state index in [2.05, 4.69) is 30.4 Å². The number of nitrogens with one attached hydrogen (secondary N) is 1. The minimum absolute atomic E-state index is 0.284. The molecule has 1 N–H and O–H groups in total. The van der Waals surface area contributed by atoms with E-state index in [0.717, 1.165) is 18.0 Å². The van der Waals surface area contributed by atoms with Gasteiger partial charge < -0.3 is 14.8 Å². The molecule has 2 aromatic carbocycles. The number of benzene rings is 2. The van der Waals surface area contributed by atoms with Crippen molar-refractivity contribution in [1.29, 1.82) is 0 Å². The largest absolute Gasteiger partial charge is 0.497 e. The van der Waals surface area contributed by atoms with Crippen LogP contribution in [0.15, 0.2) is 48.5 Å². The molecular formula is C17H21NO2. The molecule has 0 aliphatic carbocycles. The first kappa shape index (κ1) is 14.4. The van der Waals surface area contributed by atoms with E-state index in [1.807, 2.05) is 30.3 Å². The summed E-state index contributed by atoms with van der Waals surface area (Å²) < 4.78 is 10.4. The van der Waals surface area contributed by atoms with Crippen molar-refractivity contribution in [3.8, 4) is 11.5 Å². The highest BCUT2D eigenvalue weighted by Crippen LogP contribution is 2.18. The van der Waals surface area contributed by atoms with E-state index in [4.69, 9.17) is 9.47 Å². The molecule has 1 unspecified atom stereocenters. The second-order valence-corrected chi connectivity index (χ2v) is 4.73. The zero-order valence-electron chi connectivity index (χ0n) is 12.2. The first-order valence-corrected chi connectivity index (χ1v) is 6.73. The van der Waals surface area contributed by atoms with Crippen molar-refractivity contribution in [2.75, 3.05) is 14.2 Å². The third kappa shape index (κ3) is 3.75. The van der Waals surface area contributed by atoms with Gasteiger partial charge in [0.25, 0.3) is 0 Å². The van der Waals surface area contributed by atoms with Crippen molar-refractivity contribution in [3.63, 3.8) is 0 Å². The van der Waals surface area contributed by atoms with Gasteiger partial charge in [-0.15, -0.1) is 0 Å². The van der Waals surface area contributed by atoms with E-state index in [1.165, 1.54) is 11.1 Å². The summed E-state index contributed by atoms with van der Waals surface area (Å²) in [6.07, 6.45) is 0. The molecule has 0 saturated heterocycles. The maximum absolute atomic E-state index is 5.23. The molecule has 0 aliphatic rings. The summed E-state index contributed by atoms with van der Waals surface area (Å²) >= 11 is 0. The quantitative estimate of drug-likeness (QED) is 0.871. The summed E-state index contributed by atoms with van der Waals surface area (Å²) in [5, 5.41) is 3.51. The highest BCUT2D eigenvalue weighted by molar-refractivity contribution is 5.30. The lowest BCUT2D eigenvalue weighted by Gasteiger charge is -2.15. The number of hydrogen-bond acceptors (Lipinski definition) is 3. The Hall–Kier alpha value is -2.00. The van der Waals surface area contributed by atoms with Gasteiger partial charge in [0.15, 0.2) is 0 Å². The summed E-state index contributed by atoms with van der Waals surface area (Å²) in [5.41, 5.74) is 2.46. The number of hydrogen-bond donors (Lipinski definition) is 1. The Morgan fingerprint density at radius 1 is 0.950 bits per heavy atom. The molecular weight excluding hydrogens is 250 g/mol. The Balaban J connectivity index is 1.95. The number of rotatable bonds is 6. The van der Waals surface area contributed by atoms with Crippen molar-refractivity contribution < 1.29 is 9.47 Å². The summed E-state index contributed by atoms with van der Waals surface area (Å²) in [6.45, 7) is 2.96. The number of ether oxygens (including phenoxy) is 2. The normalized spacial score (nSPS) is 11.9. The lowest BCUT2D eigenvalue weighted by atomic mass is 10.1. The maximum Gasteiger partial charge on any atom is 0.119 e. The first-order chi connectivity index (χ1) is 9.72. The molecule has 0 saturated carbocycles. The third-order valence-electron chi connectivity index (χ3n) is 3.36. The smallest absolute Gasteiger partial charge is 0.119 e. The van der Waals surface area contributed by atoms with Gasteiger partial charge in [0, 0.05) is 12.6 Å². The maximum atomic E-state index is 5.23. The Labute approximate surface area is 120 Å². The van der Waals surface area contributed by atoms with Crippen LogP contribution in [0.2, 0.25) is 0 Å². The fourth-order valence-electron chi connectivity index (χ4n) is 2.06. The van der Waals surface area contributed by atoms with Gasteiger partial charge in [-0.05, 0) is 42.3 Å². The highest BCUT2D eigenvalue weighted by Gasteiger charge is 2.05. The predicted molar refractivity (Wildman–Crippen MR) is 81.2 cm³/mol. The van der Waals surface area contributed by atoms with Gasteiger partial charge in [-0.25, -0.2) is 0 Å². The Kier molecular flexibility index (Phi) is 5.02.